The number of ether oxygens (including phenoxy) is 1. The molecule has 1 radical (unpaired) electrons. The average molecular weight is 222 g/mol. The zero-order valence-electron chi connectivity index (χ0n) is 8.47. The number of aromatic nitrogens is 1. The van der Waals surface area contributed by atoms with Crippen molar-refractivity contribution in [1.29, 1.82) is 0 Å². The van der Waals surface area contributed by atoms with E-state index < -0.39 is 5.82 Å². The number of hydrogen-bond acceptors (Lipinski definition) is 5. The van der Waals surface area contributed by atoms with Crippen LogP contribution < -0.4 is 10.5 Å². The van der Waals surface area contributed by atoms with E-state index in [1.54, 1.807) is 4.81 Å². The third kappa shape index (κ3) is 2.30. The highest BCUT2D eigenvalue weighted by Crippen LogP contribution is 2.19. The maximum absolute atomic E-state index is 13.0. The van der Waals surface area contributed by atoms with Crippen LogP contribution in [0.5, 0.6) is 5.75 Å². The summed E-state index contributed by atoms with van der Waals surface area (Å²) in [5.41, 5.74) is 5.23. The average Bonchev–Trinajstić information content (AvgIpc) is 2.20. The summed E-state index contributed by atoms with van der Waals surface area (Å²) in [4.78, 5) is 15.6. The second-order valence-corrected chi connectivity index (χ2v) is 3.52. The van der Waals surface area contributed by atoms with Crippen molar-refractivity contribution in [2.24, 2.45) is 0 Å². The van der Waals surface area contributed by atoms with Crippen molar-refractivity contribution in [1.82, 2.24) is 9.79 Å². The van der Waals surface area contributed by atoms with Gasteiger partial charge in [-0.15, -0.1) is 0 Å². The van der Waals surface area contributed by atoms with Crippen LogP contribution in [0.3, 0.4) is 0 Å². The molecule has 2 N–H and O–H groups in total. The van der Waals surface area contributed by atoms with E-state index in [1.165, 1.54) is 19.7 Å². The first kappa shape index (κ1) is 10.9. The molecule has 1 aliphatic heterocycles. The lowest BCUT2D eigenvalue weighted by Crippen LogP contribution is -2.55. The molecule has 1 saturated heterocycles. The number of halogens is 1. The number of carbonyl (C=O) groups excluding carboxylic acids is 1. The fraction of sp³-hybridized carbons (Fsp3) is 0.333. The molecular formula is C9H10BFN3O2. The van der Waals surface area contributed by atoms with Crippen LogP contribution in [-0.4, -0.2) is 42.6 Å². The zero-order valence-corrected chi connectivity index (χ0v) is 8.47. The summed E-state index contributed by atoms with van der Waals surface area (Å²) in [7, 11) is 1.45. The molecule has 2 rings (SSSR count). The number of nitrogens with two attached hydrogens (primary N) is 1. The number of anilines is 1. The van der Waals surface area contributed by atoms with Gasteiger partial charge in [-0.25, -0.2) is 9.37 Å². The predicted octanol–water partition coefficient (Wildman–Crippen LogP) is -0.325. The van der Waals surface area contributed by atoms with Crippen molar-refractivity contribution < 1.29 is 13.9 Å². The van der Waals surface area contributed by atoms with Gasteiger partial charge in [0.2, 0.25) is 0 Å². The highest BCUT2D eigenvalue weighted by Gasteiger charge is 2.28. The molecule has 1 aliphatic rings. The smallest absolute Gasteiger partial charge is 0.293 e. The van der Waals surface area contributed by atoms with E-state index in [9.17, 15) is 9.18 Å². The van der Waals surface area contributed by atoms with E-state index in [0.717, 1.165) is 6.19 Å². The molecule has 83 valence electrons. The summed E-state index contributed by atoms with van der Waals surface area (Å²) in [6, 6.07) is 1.20. The molecule has 1 aromatic heterocycles. The Hall–Kier alpha value is -1.63. The largest absolute Gasteiger partial charge is 0.486 e. The summed E-state index contributed by atoms with van der Waals surface area (Å²) in [6.07, 6.45) is 2.06. The van der Waals surface area contributed by atoms with Gasteiger partial charge in [0.05, 0.1) is 12.4 Å². The summed E-state index contributed by atoms with van der Waals surface area (Å²) >= 11 is 0. The van der Waals surface area contributed by atoms with Gasteiger partial charge in [-0.05, 0) is 0 Å². The molecule has 2 heterocycles. The Morgan fingerprint density at radius 2 is 2.44 bits per heavy atom. The molecule has 16 heavy (non-hydrogen) atoms. The Kier molecular flexibility index (Phi) is 3.05. The van der Waals surface area contributed by atoms with Crippen molar-refractivity contribution in [3.63, 3.8) is 0 Å². The van der Waals surface area contributed by atoms with Gasteiger partial charge >= 0.3 is 0 Å². The number of carbonyl (C=O) groups is 1. The Morgan fingerprint density at radius 3 is 3.06 bits per heavy atom. The number of pyridine rings is 1. The Balaban J connectivity index is 1.87. The number of hydrogen-bond donors (Lipinski definition) is 1. The molecule has 7 heteroatoms. The predicted molar refractivity (Wildman–Crippen MR) is 57.1 cm³/mol. The third-order valence-electron chi connectivity index (χ3n) is 2.30. The lowest BCUT2D eigenvalue weighted by Gasteiger charge is -2.37. The minimum atomic E-state index is -0.590. The van der Waals surface area contributed by atoms with Crippen LogP contribution in [0, 0.1) is 5.82 Å². The molecule has 0 bridgehead atoms. The quantitative estimate of drug-likeness (QED) is 0.558. The van der Waals surface area contributed by atoms with Gasteiger partial charge in [-0.3, -0.25) is 0 Å². The third-order valence-corrected chi connectivity index (χ3v) is 2.30. The van der Waals surface area contributed by atoms with E-state index in [-0.39, 0.29) is 11.9 Å². The second kappa shape index (κ2) is 4.48. The van der Waals surface area contributed by atoms with Gasteiger partial charge in [0, 0.05) is 19.2 Å². The molecule has 5 nitrogen and oxygen atoms in total. The number of nitrogen functional groups attached to an aromatic ring is 1. The van der Waals surface area contributed by atoms with Gasteiger partial charge in [0.1, 0.15) is 11.9 Å². The van der Waals surface area contributed by atoms with Crippen molar-refractivity contribution in [3.05, 3.63) is 18.1 Å². The summed E-state index contributed by atoms with van der Waals surface area (Å²) < 4.78 is 18.4. The lowest BCUT2D eigenvalue weighted by atomic mass is 9.89. The van der Waals surface area contributed by atoms with Crippen molar-refractivity contribution in [2.75, 3.05) is 18.8 Å². The van der Waals surface area contributed by atoms with Crippen LogP contribution in [0.25, 0.3) is 0 Å². The summed E-state index contributed by atoms with van der Waals surface area (Å²) in [5.74, 6) is -0.382. The lowest BCUT2D eigenvalue weighted by molar-refractivity contribution is 0.0759. The molecule has 0 aromatic carbocycles. The monoisotopic (exact) mass is 222 g/mol. The molecule has 0 spiro atoms. The van der Waals surface area contributed by atoms with Crippen molar-refractivity contribution >= 4 is 19.4 Å². The van der Waals surface area contributed by atoms with E-state index in [1.807, 2.05) is 0 Å². The van der Waals surface area contributed by atoms with Gasteiger partial charge < -0.3 is 20.1 Å². The Labute approximate surface area is 92.7 Å². The highest BCUT2D eigenvalue weighted by molar-refractivity contribution is 6.64. The molecular weight excluding hydrogens is 212 g/mol. The van der Waals surface area contributed by atoms with E-state index in [0.29, 0.717) is 18.8 Å². The van der Waals surface area contributed by atoms with E-state index >= 15 is 0 Å². The molecule has 0 saturated carbocycles. The molecule has 0 unspecified atom stereocenters. The minimum Gasteiger partial charge on any atom is -0.486 e. The Bertz CT molecular complexity index is 398. The zero-order chi connectivity index (χ0) is 11.5. The second-order valence-electron chi connectivity index (χ2n) is 3.52. The van der Waals surface area contributed by atoms with Crippen molar-refractivity contribution in [3.8, 4) is 5.75 Å². The van der Waals surface area contributed by atoms with Crippen molar-refractivity contribution in [2.45, 2.75) is 6.10 Å². The van der Waals surface area contributed by atoms with Crippen LogP contribution in [0.4, 0.5) is 10.2 Å². The normalized spacial score (nSPS) is 16.6. The molecule has 1 aromatic rings. The topological polar surface area (TPSA) is 68.5 Å². The fourth-order valence-corrected chi connectivity index (χ4v) is 1.44. The molecule has 0 aliphatic carbocycles. The highest BCUT2D eigenvalue weighted by atomic mass is 19.1. The summed E-state index contributed by atoms with van der Waals surface area (Å²) in [5, 5.41) is 0. The fourth-order valence-electron chi connectivity index (χ4n) is 1.44. The maximum Gasteiger partial charge on any atom is 0.293 e. The van der Waals surface area contributed by atoms with Gasteiger partial charge in [-0.1, -0.05) is 0 Å². The Morgan fingerprint density at radius 1 is 1.69 bits per heavy atom. The van der Waals surface area contributed by atoms with E-state index in [4.69, 9.17) is 10.5 Å². The first-order valence-corrected chi connectivity index (χ1v) is 4.79. The van der Waals surface area contributed by atoms with Crippen LogP contribution >= 0.6 is 0 Å². The standard InChI is InChI=1S/C9H10BFN3O2/c11-8-1-6(2-13-9(8)12)16-7-3-14(4-7)10-5-15/h1-2,5,7H,3-4H2,(H2,12,13). The van der Waals surface area contributed by atoms with Gasteiger partial charge in [0.25, 0.3) is 7.41 Å². The van der Waals surface area contributed by atoms with Crippen LogP contribution in [0.1, 0.15) is 0 Å². The van der Waals surface area contributed by atoms with E-state index in [2.05, 4.69) is 4.98 Å². The minimum absolute atomic E-state index is 0.0407. The molecule has 0 amide bonds. The SMILES string of the molecule is Nc1ncc(OC2CN([B]C=O)C2)cc1F. The van der Waals surface area contributed by atoms with Crippen LogP contribution in [0.2, 0.25) is 0 Å². The molecule has 1 fully saturated rings. The van der Waals surface area contributed by atoms with Crippen LogP contribution in [0.15, 0.2) is 12.3 Å². The maximum atomic E-state index is 13.0. The first-order valence-electron chi connectivity index (χ1n) is 4.79. The molecule has 0 atom stereocenters. The van der Waals surface area contributed by atoms with Crippen LogP contribution in [-0.2, 0) is 4.79 Å². The number of rotatable bonds is 4. The first-order chi connectivity index (χ1) is 7.69. The summed E-state index contributed by atoms with van der Waals surface area (Å²) in [6.45, 7) is 1.23. The van der Waals surface area contributed by atoms with Gasteiger partial charge in [-0.2, -0.15) is 0 Å². The number of nitrogens with zero attached hydrogens (tertiary/aromatic N) is 2. The van der Waals surface area contributed by atoms with Gasteiger partial charge in [0.15, 0.2) is 11.6 Å².